The van der Waals surface area contributed by atoms with E-state index in [9.17, 15) is 14.5 Å². The smallest absolute Gasteiger partial charge is 0.269 e. The van der Waals surface area contributed by atoms with E-state index in [0.29, 0.717) is 6.54 Å². The summed E-state index contributed by atoms with van der Waals surface area (Å²) in [6, 6.07) is 13.2. The number of rotatable bonds is 6. The number of benzene rings is 2. The summed E-state index contributed by atoms with van der Waals surface area (Å²) in [5, 5.41) is 13.9. The molecule has 0 heterocycles. The molecule has 0 radical (unpaired) electrons. The minimum atomic E-state index is -0.408. The summed E-state index contributed by atoms with van der Waals surface area (Å²) in [6.45, 7) is 2.69. The van der Waals surface area contributed by atoms with Crippen LogP contribution in [0, 0.1) is 15.9 Å². The number of non-ortho nitro benzene ring substituents is 1. The predicted octanol–water partition coefficient (Wildman–Crippen LogP) is 3.45. The molecule has 5 heteroatoms. The van der Waals surface area contributed by atoms with E-state index in [1.807, 2.05) is 0 Å². The standard InChI is InChI=1S/C16H17FN2O2/c1-12(10-13-2-6-15(17)7-3-13)18-11-14-4-8-16(9-5-14)19(20)21/h2-9,12,18H,10-11H2,1H3. The number of nitrogens with zero attached hydrogens (tertiary/aromatic N) is 1. The van der Waals surface area contributed by atoms with Gasteiger partial charge in [0.15, 0.2) is 0 Å². The fraction of sp³-hybridized carbons (Fsp3) is 0.250. The molecule has 110 valence electrons. The summed E-state index contributed by atoms with van der Waals surface area (Å²) in [7, 11) is 0. The van der Waals surface area contributed by atoms with Crippen molar-refractivity contribution in [2.75, 3.05) is 0 Å². The number of halogens is 1. The van der Waals surface area contributed by atoms with Crippen LogP contribution in [-0.2, 0) is 13.0 Å². The lowest BCUT2D eigenvalue weighted by Gasteiger charge is -2.14. The molecule has 0 aliphatic heterocycles. The first-order valence-corrected chi connectivity index (χ1v) is 6.76. The van der Waals surface area contributed by atoms with Crippen LogP contribution in [-0.4, -0.2) is 11.0 Å². The zero-order chi connectivity index (χ0) is 15.2. The second-order valence-electron chi connectivity index (χ2n) is 5.04. The maximum Gasteiger partial charge on any atom is 0.269 e. The molecule has 1 N–H and O–H groups in total. The van der Waals surface area contributed by atoms with E-state index in [-0.39, 0.29) is 17.5 Å². The second kappa shape index (κ2) is 6.95. The number of hydrogen-bond acceptors (Lipinski definition) is 3. The molecule has 0 aromatic heterocycles. The SMILES string of the molecule is CC(Cc1ccc(F)cc1)NCc1ccc([N+](=O)[O-])cc1. The van der Waals surface area contributed by atoms with Crippen molar-refractivity contribution in [3.63, 3.8) is 0 Å². The fourth-order valence-electron chi connectivity index (χ4n) is 2.07. The Kier molecular flexibility index (Phi) is 5.00. The summed E-state index contributed by atoms with van der Waals surface area (Å²) in [5.41, 5.74) is 2.16. The molecule has 0 bridgehead atoms. The van der Waals surface area contributed by atoms with Crippen LogP contribution in [0.4, 0.5) is 10.1 Å². The van der Waals surface area contributed by atoms with Crippen LogP contribution in [0.1, 0.15) is 18.1 Å². The van der Waals surface area contributed by atoms with E-state index in [2.05, 4.69) is 12.2 Å². The van der Waals surface area contributed by atoms with E-state index in [1.54, 1.807) is 24.3 Å². The van der Waals surface area contributed by atoms with Gasteiger partial charge in [0.25, 0.3) is 5.69 Å². The van der Waals surface area contributed by atoms with Crippen LogP contribution in [0.15, 0.2) is 48.5 Å². The molecule has 0 fully saturated rings. The van der Waals surface area contributed by atoms with E-state index in [0.717, 1.165) is 17.5 Å². The molecule has 0 aliphatic carbocycles. The first-order chi connectivity index (χ1) is 10.0. The molecule has 0 saturated carbocycles. The van der Waals surface area contributed by atoms with Crippen LogP contribution in [0.3, 0.4) is 0 Å². The molecule has 0 amide bonds. The Labute approximate surface area is 122 Å². The molecular weight excluding hydrogens is 271 g/mol. The van der Waals surface area contributed by atoms with Crippen LogP contribution < -0.4 is 5.32 Å². The van der Waals surface area contributed by atoms with Gasteiger partial charge in [0.05, 0.1) is 4.92 Å². The van der Waals surface area contributed by atoms with Gasteiger partial charge in [-0.25, -0.2) is 4.39 Å². The Bertz CT molecular complexity index is 597. The van der Waals surface area contributed by atoms with Gasteiger partial charge in [-0.2, -0.15) is 0 Å². The first kappa shape index (κ1) is 15.1. The summed E-state index contributed by atoms with van der Waals surface area (Å²) in [5.74, 6) is -0.231. The van der Waals surface area contributed by atoms with Crippen molar-refractivity contribution in [1.29, 1.82) is 0 Å². The quantitative estimate of drug-likeness (QED) is 0.654. The van der Waals surface area contributed by atoms with Crippen molar-refractivity contribution in [2.45, 2.75) is 25.9 Å². The topological polar surface area (TPSA) is 55.2 Å². The third-order valence-corrected chi connectivity index (χ3v) is 3.26. The molecule has 2 aromatic rings. The molecular formula is C16H17FN2O2. The molecule has 1 unspecified atom stereocenters. The van der Waals surface area contributed by atoms with E-state index in [4.69, 9.17) is 0 Å². The van der Waals surface area contributed by atoms with Gasteiger partial charge in [0.1, 0.15) is 5.82 Å². The van der Waals surface area contributed by atoms with Gasteiger partial charge in [0, 0.05) is 24.7 Å². The Balaban J connectivity index is 1.84. The Hall–Kier alpha value is -2.27. The lowest BCUT2D eigenvalue weighted by molar-refractivity contribution is -0.384. The van der Waals surface area contributed by atoms with E-state index >= 15 is 0 Å². The largest absolute Gasteiger partial charge is 0.310 e. The molecule has 0 saturated heterocycles. The highest BCUT2D eigenvalue weighted by Gasteiger charge is 2.06. The third kappa shape index (κ3) is 4.65. The number of nitro benzene ring substituents is 1. The van der Waals surface area contributed by atoms with Crippen molar-refractivity contribution in [3.05, 3.63) is 75.6 Å². The van der Waals surface area contributed by atoms with Gasteiger partial charge in [-0.1, -0.05) is 24.3 Å². The van der Waals surface area contributed by atoms with E-state index in [1.165, 1.54) is 24.3 Å². The second-order valence-corrected chi connectivity index (χ2v) is 5.04. The van der Waals surface area contributed by atoms with Crippen molar-refractivity contribution >= 4 is 5.69 Å². The molecule has 0 spiro atoms. The lowest BCUT2D eigenvalue weighted by atomic mass is 10.1. The van der Waals surface area contributed by atoms with Gasteiger partial charge in [-0.3, -0.25) is 10.1 Å². The molecule has 2 aromatic carbocycles. The Morgan fingerprint density at radius 1 is 1.10 bits per heavy atom. The average Bonchev–Trinajstić information content (AvgIpc) is 2.48. The zero-order valence-corrected chi connectivity index (χ0v) is 11.8. The van der Waals surface area contributed by atoms with Gasteiger partial charge >= 0.3 is 0 Å². The van der Waals surface area contributed by atoms with Gasteiger partial charge < -0.3 is 5.32 Å². The maximum absolute atomic E-state index is 12.8. The van der Waals surface area contributed by atoms with Crippen LogP contribution in [0.2, 0.25) is 0 Å². The minimum Gasteiger partial charge on any atom is -0.310 e. The van der Waals surface area contributed by atoms with Gasteiger partial charge in [-0.05, 0) is 36.6 Å². The van der Waals surface area contributed by atoms with Crippen LogP contribution >= 0.6 is 0 Å². The number of hydrogen-bond donors (Lipinski definition) is 1. The minimum absolute atomic E-state index is 0.0955. The first-order valence-electron chi connectivity index (χ1n) is 6.76. The molecule has 0 aliphatic rings. The predicted molar refractivity (Wildman–Crippen MR) is 79.5 cm³/mol. The van der Waals surface area contributed by atoms with Gasteiger partial charge in [0.2, 0.25) is 0 Å². The fourth-order valence-corrected chi connectivity index (χ4v) is 2.07. The lowest BCUT2D eigenvalue weighted by Crippen LogP contribution is -2.27. The maximum atomic E-state index is 12.8. The highest BCUT2D eigenvalue weighted by molar-refractivity contribution is 5.32. The summed E-state index contributed by atoms with van der Waals surface area (Å²) < 4.78 is 12.8. The van der Waals surface area contributed by atoms with Crippen LogP contribution in [0.5, 0.6) is 0 Å². The van der Waals surface area contributed by atoms with E-state index < -0.39 is 4.92 Å². The Morgan fingerprint density at radius 3 is 2.24 bits per heavy atom. The number of nitro groups is 1. The molecule has 2 rings (SSSR count). The molecule has 4 nitrogen and oxygen atoms in total. The van der Waals surface area contributed by atoms with Crippen molar-refractivity contribution in [3.8, 4) is 0 Å². The monoisotopic (exact) mass is 288 g/mol. The zero-order valence-electron chi connectivity index (χ0n) is 11.8. The summed E-state index contributed by atoms with van der Waals surface area (Å²) in [4.78, 5) is 10.2. The Morgan fingerprint density at radius 2 is 1.67 bits per heavy atom. The average molecular weight is 288 g/mol. The van der Waals surface area contributed by atoms with Crippen molar-refractivity contribution in [2.24, 2.45) is 0 Å². The normalized spacial score (nSPS) is 12.1. The highest BCUT2D eigenvalue weighted by atomic mass is 19.1. The molecule has 1 atom stereocenters. The van der Waals surface area contributed by atoms with Crippen LogP contribution in [0.25, 0.3) is 0 Å². The van der Waals surface area contributed by atoms with Gasteiger partial charge in [-0.15, -0.1) is 0 Å². The molecule has 21 heavy (non-hydrogen) atoms. The number of nitrogens with one attached hydrogen (secondary N) is 1. The summed E-state index contributed by atoms with van der Waals surface area (Å²) >= 11 is 0. The third-order valence-electron chi connectivity index (χ3n) is 3.26. The van der Waals surface area contributed by atoms with Crippen molar-refractivity contribution in [1.82, 2.24) is 5.32 Å². The van der Waals surface area contributed by atoms with Crippen molar-refractivity contribution < 1.29 is 9.31 Å². The summed E-state index contributed by atoms with van der Waals surface area (Å²) in [6.07, 6.45) is 0.799. The highest BCUT2D eigenvalue weighted by Crippen LogP contribution is 2.12.